The first-order chi connectivity index (χ1) is 7.76. The molecule has 0 unspecified atom stereocenters. The third kappa shape index (κ3) is 2.19. The normalized spacial score (nSPS) is 34.6. The lowest BCUT2D eigenvalue weighted by molar-refractivity contribution is -0.139. The highest BCUT2D eigenvalue weighted by Gasteiger charge is 2.45. The monoisotopic (exact) mass is 243 g/mol. The van der Waals surface area contributed by atoms with Crippen molar-refractivity contribution < 1.29 is 14.7 Å². The van der Waals surface area contributed by atoms with E-state index in [9.17, 15) is 4.79 Å². The zero-order valence-electron chi connectivity index (χ0n) is 9.39. The van der Waals surface area contributed by atoms with Crippen LogP contribution in [0.4, 0.5) is 0 Å². The third-order valence-electron chi connectivity index (χ3n) is 3.41. The third-order valence-corrected chi connectivity index (χ3v) is 4.80. The molecule has 0 saturated heterocycles. The molecule has 0 aromatic carbocycles. The van der Waals surface area contributed by atoms with Crippen LogP contribution in [0.3, 0.4) is 0 Å². The maximum atomic E-state index is 11.3. The zero-order chi connectivity index (χ0) is 11.5. The smallest absolute Gasteiger partial charge is 0.315 e. The molecule has 4 nitrogen and oxygen atoms in total. The van der Waals surface area contributed by atoms with Crippen LogP contribution in [0, 0.1) is 11.8 Å². The molecule has 90 valence electrons. The number of nitrogens with zero attached hydrogens (tertiary/aromatic N) is 1. The second-order valence-corrected chi connectivity index (χ2v) is 5.46. The number of fused-ring (bicyclic) bond motifs is 2. The van der Waals surface area contributed by atoms with Crippen LogP contribution in [0.5, 0.6) is 0 Å². The Labute approximate surface area is 99.4 Å². The second kappa shape index (κ2) is 5.08. The quantitative estimate of drug-likeness (QED) is 0.465. The molecule has 2 fully saturated rings. The van der Waals surface area contributed by atoms with E-state index in [1.165, 1.54) is 6.42 Å². The summed E-state index contributed by atoms with van der Waals surface area (Å²) in [5, 5.41) is 12.6. The van der Waals surface area contributed by atoms with Gasteiger partial charge in [0.25, 0.3) is 0 Å². The molecule has 2 rings (SSSR count). The van der Waals surface area contributed by atoms with Crippen LogP contribution in [-0.2, 0) is 9.53 Å². The molecule has 3 atom stereocenters. The highest BCUT2D eigenvalue weighted by Crippen LogP contribution is 2.47. The predicted octanol–water partition coefficient (Wildman–Crippen LogP) is 1.91. The first kappa shape index (κ1) is 11.8. The van der Waals surface area contributed by atoms with Crippen molar-refractivity contribution in [3.63, 3.8) is 0 Å². The SMILES string of the molecule is CCOC(=O)CS[C@@H]1/C(=N/O)[C@H]2CC[C@@H]1C2. The summed E-state index contributed by atoms with van der Waals surface area (Å²) in [6.45, 7) is 2.23. The van der Waals surface area contributed by atoms with Gasteiger partial charge >= 0.3 is 5.97 Å². The van der Waals surface area contributed by atoms with Gasteiger partial charge in [-0.15, -0.1) is 11.8 Å². The molecule has 0 radical (unpaired) electrons. The van der Waals surface area contributed by atoms with Crippen molar-refractivity contribution in [1.82, 2.24) is 0 Å². The number of rotatable bonds is 4. The van der Waals surface area contributed by atoms with Crippen molar-refractivity contribution in [3.05, 3.63) is 0 Å². The van der Waals surface area contributed by atoms with Gasteiger partial charge in [0.05, 0.1) is 23.3 Å². The van der Waals surface area contributed by atoms with Crippen LogP contribution in [0.1, 0.15) is 26.2 Å². The molecule has 2 aliphatic rings. The largest absolute Gasteiger partial charge is 0.465 e. The topological polar surface area (TPSA) is 58.9 Å². The minimum atomic E-state index is -0.174. The van der Waals surface area contributed by atoms with Crippen LogP contribution in [-0.4, -0.2) is 34.5 Å². The molecule has 0 heterocycles. The Morgan fingerprint density at radius 1 is 1.62 bits per heavy atom. The fraction of sp³-hybridized carbons (Fsp3) is 0.818. The van der Waals surface area contributed by atoms with Gasteiger partial charge in [0.1, 0.15) is 0 Å². The second-order valence-electron chi connectivity index (χ2n) is 4.33. The van der Waals surface area contributed by atoms with Crippen LogP contribution in [0.25, 0.3) is 0 Å². The summed E-state index contributed by atoms with van der Waals surface area (Å²) in [4.78, 5) is 11.3. The summed E-state index contributed by atoms with van der Waals surface area (Å²) in [6, 6.07) is 0. The lowest BCUT2D eigenvalue weighted by Gasteiger charge is -2.21. The van der Waals surface area contributed by atoms with Crippen LogP contribution < -0.4 is 0 Å². The number of ether oxygens (including phenoxy) is 1. The summed E-state index contributed by atoms with van der Waals surface area (Å²) in [6.07, 6.45) is 3.46. The minimum absolute atomic E-state index is 0.174. The van der Waals surface area contributed by atoms with Gasteiger partial charge in [0, 0.05) is 5.92 Å². The van der Waals surface area contributed by atoms with Crippen LogP contribution in [0.15, 0.2) is 5.16 Å². The van der Waals surface area contributed by atoms with E-state index in [-0.39, 0.29) is 11.2 Å². The maximum absolute atomic E-state index is 11.3. The van der Waals surface area contributed by atoms with Gasteiger partial charge in [-0.3, -0.25) is 4.79 Å². The summed E-state index contributed by atoms with van der Waals surface area (Å²) in [7, 11) is 0. The fourth-order valence-electron chi connectivity index (χ4n) is 2.75. The summed E-state index contributed by atoms with van der Waals surface area (Å²) in [5.41, 5.74) is 0.894. The predicted molar refractivity (Wildman–Crippen MR) is 62.9 cm³/mol. The molecule has 0 aliphatic heterocycles. The van der Waals surface area contributed by atoms with E-state index >= 15 is 0 Å². The average molecular weight is 243 g/mol. The molecule has 0 aromatic heterocycles. The van der Waals surface area contributed by atoms with Crippen molar-refractivity contribution in [2.24, 2.45) is 17.0 Å². The molecular formula is C11H17NO3S. The van der Waals surface area contributed by atoms with E-state index in [1.807, 2.05) is 0 Å². The van der Waals surface area contributed by atoms with E-state index in [1.54, 1.807) is 18.7 Å². The van der Waals surface area contributed by atoms with Crippen LogP contribution >= 0.6 is 11.8 Å². The van der Waals surface area contributed by atoms with Crippen molar-refractivity contribution in [2.75, 3.05) is 12.4 Å². The molecule has 2 saturated carbocycles. The fourth-order valence-corrected chi connectivity index (χ4v) is 4.08. The van der Waals surface area contributed by atoms with E-state index in [0.717, 1.165) is 18.6 Å². The number of carbonyl (C=O) groups excluding carboxylic acids is 1. The van der Waals surface area contributed by atoms with Crippen LogP contribution in [0.2, 0.25) is 0 Å². The first-order valence-corrected chi connectivity index (χ1v) is 6.80. The average Bonchev–Trinajstić information content (AvgIpc) is 2.86. The van der Waals surface area contributed by atoms with Crippen molar-refractivity contribution >= 4 is 23.4 Å². The van der Waals surface area contributed by atoms with E-state index in [2.05, 4.69) is 5.16 Å². The van der Waals surface area contributed by atoms with Gasteiger partial charge in [-0.25, -0.2) is 0 Å². The molecular weight excluding hydrogens is 226 g/mol. The summed E-state index contributed by atoms with van der Waals surface area (Å²) in [5.74, 6) is 1.23. The van der Waals surface area contributed by atoms with E-state index < -0.39 is 0 Å². The lowest BCUT2D eigenvalue weighted by Crippen LogP contribution is -2.26. The lowest BCUT2D eigenvalue weighted by atomic mass is 9.98. The molecule has 5 heteroatoms. The summed E-state index contributed by atoms with van der Waals surface area (Å²) >= 11 is 1.56. The standard InChI is InChI=1S/C11H17NO3S/c1-2-15-9(13)6-16-11-8-4-3-7(5-8)10(11)12-14/h7-8,11,14H,2-6H2,1H3/b12-10+/t7-,8+,11-/m0/s1. The van der Waals surface area contributed by atoms with Crippen molar-refractivity contribution in [2.45, 2.75) is 31.4 Å². The Hall–Kier alpha value is -0.710. The van der Waals surface area contributed by atoms with Gasteiger partial charge in [-0.1, -0.05) is 5.16 Å². The number of carbonyl (C=O) groups is 1. The van der Waals surface area contributed by atoms with Gasteiger partial charge in [0.2, 0.25) is 0 Å². The number of hydrogen-bond donors (Lipinski definition) is 1. The van der Waals surface area contributed by atoms with E-state index in [4.69, 9.17) is 9.94 Å². The molecule has 0 spiro atoms. The highest BCUT2D eigenvalue weighted by molar-refractivity contribution is 8.01. The molecule has 0 amide bonds. The minimum Gasteiger partial charge on any atom is -0.465 e. The van der Waals surface area contributed by atoms with Crippen molar-refractivity contribution in [1.29, 1.82) is 0 Å². The molecule has 1 N–H and O–H groups in total. The Morgan fingerprint density at radius 3 is 3.12 bits per heavy atom. The molecule has 2 bridgehead atoms. The molecule has 2 aliphatic carbocycles. The first-order valence-electron chi connectivity index (χ1n) is 5.75. The maximum Gasteiger partial charge on any atom is 0.315 e. The number of hydrogen-bond acceptors (Lipinski definition) is 5. The Balaban J connectivity index is 1.87. The number of oxime groups is 1. The van der Waals surface area contributed by atoms with Gasteiger partial charge in [-0.05, 0) is 32.1 Å². The summed E-state index contributed by atoms with van der Waals surface area (Å²) < 4.78 is 4.89. The Bertz CT molecular complexity index is 306. The molecule has 16 heavy (non-hydrogen) atoms. The molecule has 0 aromatic rings. The Morgan fingerprint density at radius 2 is 2.44 bits per heavy atom. The van der Waals surface area contributed by atoms with Gasteiger partial charge < -0.3 is 9.94 Å². The van der Waals surface area contributed by atoms with Gasteiger partial charge in [-0.2, -0.15) is 0 Å². The highest BCUT2D eigenvalue weighted by atomic mass is 32.2. The zero-order valence-corrected chi connectivity index (χ0v) is 10.2. The van der Waals surface area contributed by atoms with Gasteiger partial charge in [0.15, 0.2) is 0 Å². The van der Waals surface area contributed by atoms with Crippen molar-refractivity contribution in [3.8, 4) is 0 Å². The number of thioether (sulfide) groups is 1. The Kier molecular flexibility index (Phi) is 3.74. The van der Waals surface area contributed by atoms with E-state index in [0.29, 0.717) is 24.2 Å². The number of esters is 1.